The van der Waals surface area contributed by atoms with E-state index in [-0.39, 0.29) is 0 Å². The van der Waals surface area contributed by atoms with Crippen molar-refractivity contribution in [3.63, 3.8) is 0 Å². The molecule has 0 spiro atoms. The minimum atomic E-state index is 0.464. The van der Waals surface area contributed by atoms with E-state index in [0.29, 0.717) is 12.1 Å². The molecule has 1 aromatic heterocycles. The lowest BCUT2D eigenvalue weighted by Gasteiger charge is -2.37. The second-order valence-electron chi connectivity index (χ2n) is 5.75. The van der Waals surface area contributed by atoms with E-state index in [0.717, 1.165) is 32.7 Å². The predicted molar refractivity (Wildman–Crippen MR) is 82.8 cm³/mol. The van der Waals surface area contributed by atoms with Gasteiger partial charge >= 0.3 is 0 Å². The van der Waals surface area contributed by atoms with Gasteiger partial charge in [-0.2, -0.15) is 5.10 Å². The summed E-state index contributed by atoms with van der Waals surface area (Å²) in [6.45, 7) is 8.18. The molecule has 1 aliphatic carbocycles. The van der Waals surface area contributed by atoms with Crippen LogP contribution in [-0.2, 0) is 24.2 Å². The maximum Gasteiger partial charge on any atom is 0.0767 e. The van der Waals surface area contributed by atoms with E-state index in [2.05, 4.69) is 39.4 Å². The van der Waals surface area contributed by atoms with Gasteiger partial charge in [0.1, 0.15) is 0 Å². The molecule has 0 N–H and O–H groups in total. The summed E-state index contributed by atoms with van der Waals surface area (Å²) in [7, 11) is 0. The number of hydrogen-bond donors (Lipinski definition) is 0. The van der Waals surface area contributed by atoms with E-state index in [1.807, 2.05) is 0 Å². The Morgan fingerprint density at radius 1 is 1.35 bits per heavy atom. The zero-order valence-corrected chi connectivity index (χ0v) is 14.0. The minimum Gasteiger partial charge on any atom is -0.375 e. The largest absolute Gasteiger partial charge is 0.375 e. The summed E-state index contributed by atoms with van der Waals surface area (Å²) in [4.78, 5) is 2.61. The second kappa shape index (κ2) is 6.16. The van der Waals surface area contributed by atoms with Crippen LogP contribution in [0.15, 0.2) is 4.47 Å². The Kier molecular flexibility index (Phi) is 4.48. The third-order valence-corrected chi connectivity index (χ3v) is 5.56. The molecule has 5 heteroatoms. The smallest absolute Gasteiger partial charge is 0.0767 e. The quantitative estimate of drug-likeness (QED) is 0.843. The van der Waals surface area contributed by atoms with Gasteiger partial charge in [0.05, 0.1) is 28.6 Å². The van der Waals surface area contributed by atoms with Crippen molar-refractivity contribution in [2.24, 2.45) is 0 Å². The van der Waals surface area contributed by atoms with E-state index in [4.69, 9.17) is 9.84 Å². The molecule has 1 aromatic rings. The molecule has 0 amide bonds. The van der Waals surface area contributed by atoms with Crippen LogP contribution in [0.3, 0.4) is 0 Å². The average Bonchev–Trinajstić information content (AvgIpc) is 3.05. The lowest BCUT2D eigenvalue weighted by molar-refractivity contribution is -0.0596. The molecule has 0 aromatic carbocycles. The fraction of sp³-hybridized carbons (Fsp3) is 0.800. The molecule has 2 aliphatic rings. The molecule has 2 fully saturated rings. The van der Waals surface area contributed by atoms with Crippen molar-refractivity contribution < 1.29 is 4.74 Å². The summed E-state index contributed by atoms with van der Waals surface area (Å²) in [5.74, 6) is 0. The molecule has 4 nitrogen and oxygen atoms in total. The van der Waals surface area contributed by atoms with Gasteiger partial charge < -0.3 is 4.74 Å². The number of nitrogens with zero attached hydrogens (tertiary/aromatic N) is 3. The number of morpholine rings is 1. The summed E-state index contributed by atoms with van der Waals surface area (Å²) < 4.78 is 9.27. The van der Waals surface area contributed by atoms with Gasteiger partial charge in [-0.1, -0.05) is 6.92 Å². The second-order valence-corrected chi connectivity index (χ2v) is 6.55. The van der Waals surface area contributed by atoms with Crippen molar-refractivity contribution in [1.82, 2.24) is 14.7 Å². The van der Waals surface area contributed by atoms with E-state index in [1.54, 1.807) is 0 Å². The standard InChI is InChI=1S/C15H24BrN3O/c1-3-11-15(16)13(19(4-2)17-11)10-18-8-9-20-14-7-5-6-12(14)18/h12,14H,3-10H2,1-2H3. The Labute approximate surface area is 129 Å². The zero-order valence-electron chi connectivity index (χ0n) is 12.4. The minimum absolute atomic E-state index is 0.464. The molecule has 1 saturated carbocycles. The molecule has 2 unspecified atom stereocenters. The van der Waals surface area contributed by atoms with Crippen molar-refractivity contribution in [1.29, 1.82) is 0 Å². The Hall–Kier alpha value is -0.390. The Morgan fingerprint density at radius 3 is 2.95 bits per heavy atom. The van der Waals surface area contributed by atoms with E-state index < -0.39 is 0 Å². The molecule has 1 aliphatic heterocycles. The first-order valence-electron chi connectivity index (χ1n) is 7.84. The molecule has 2 heterocycles. The fourth-order valence-corrected chi connectivity index (χ4v) is 4.25. The van der Waals surface area contributed by atoms with Crippen molar-refractivity contribution in [2.45, 2.75) is 64.8 Å². The lowest BCUT2D eigenvalue weighted by atomic mass is 10.1. The zero-order chi connectivity index (χ0) is 14.1. The first-order chi connectivity index (χ1) is 9.74. The normalized spacial score (nSPS) is 26.9. The summed E-state index contributed by atoms with van der Waals surface area (Å²) in [5, 5.41) is 4.71. The van der Waals surface area contributed by atoms with Crippen LogP contribution >= 0.6 is 15.9 Å². The maximum atomic E-state index is 5.91. The third-order valence-electron chi connectivity index (χ3n) is 4.64. The Morgan fingerprint density at radius 2 is 2.20 bits per heavy atom. The summed E-state index contributed by atoms with van der Waals surface area (Å²) in [6.07, 6.45) is 5.26. The molecule has 3 rings (SSSR count). The van der Waals surface area contributed by atoms with Gasteiger partial charge in [-0.15, -0.1) is 0 Å². The molecule has 112 valence electrons. The van der Waals surface area contributed by atoms with Gasteiger partial charge in [0, 0.05) is 25.7 Å². The van der Waals surface area contributed by atoms with Crippen molar-refractivity contribution in [3.05, 3.63) is 15.9 Å². The van der Waals surface area contributed by atoms with Crippen LogP contribution in [0.5, 0.6) is 0 Å². The SMILES string of the molecule is CCc1nn(CC)c(CN2CCOC3CCCC32)c1Br. The number of rotatable bonds is 4. The molecule has 0 radical (unpaired) electrons. The van der Waals surface area contributed by atoms with Gasteiger partial charge in [0.2, 0.25) is 0 Å². The van der Waals surface area contributed by atoms with Crippen molar-refractivity contribution in [3.8, 4) is 0 Å². The van der Waals surface area contributed by atoms with Crippen LogP contribution in [0, 0.1) is 0 Å². The van der Waals surface area contributed by atoms with Crippen molar-refractivity contribution in [2.75, 3.05) is 13.2 Å². The molecule has 0 bridgehead atoms. The summed E-state index contributed by atoms with van der Waals surface area (Å²) >= 11 is 3.76. The highest BCUT2D eigenvalue weighted by molar-refractivity contribution is 9.10. The van der Waals surface area contributed by atoms with Crippen LogP contribution in [0.2, 0.25) is 0 Å². The van der Waals surface area contributed by atoms with Crippen LogP contribution in [0.25, 0.3) is 0 Å². The highest BCUT2D eigenvalue weighted by atomic mass is 79.9. The molecular formula is C15H24BrN3O. The first kappa shape index (κ1) is 14.5. The van der Waals surface area contributed by atoms with E-state index >= 15 is 0 Å². The summed E-state index contributed by atoms with van der Waals surface area (Å²) in [6, 6.07) is 0.612. The van der Waals surface area contributed by atoms with E-state index in [9.17, 15) is 0 Å². The third kappa shape index (κ3) is 2.55. The van der Waals surface area contributed by atoms with Crippen LogP contribution in [-0.4, -0.2) is 40.0 Å². The first-order valence-corrected chi connectivity index (χ1v) is 8.63. The van der Waals surface area contributed by atoms with Gasteiger partial charge in [-0.25, -0.2) is 0 Å². The molecular weight excluding hydrogens is 318 g/mol. The molecule has 2 atom stereocenters. The number of hydrogen-bond acceptors (Lipinski definition) is 3. The fourth-order valence-electron chi connectivity index (χ4n) is 3.56. The Bertz CT molecular complexity index is 474. The number of aromatic nitrogens is 2. The van der Waals surface area contributed by atoms with Gasteiger partial charge in [0.25, 0.3) is 0 Å². The summed E-state index contributed by atoms with van der Waals surface area (Å²) in [5.41, 5.74) is 2.51. The highest BCUT2D eigenvalue weighted by Crippen LogP contribution is 2.32. The number of ether oxygens (including phenoxy) is 1. The van der Waals surface area contributed by atoms with Crippen LogP contribution in [0.4, 0.5) is 0 Å². The maximum absolute atomic E-state index is 5.91. The number of fused-ring (bicyclic) bond motifs is 1. The van der Waals surface area contributed by atoms with Crippen LogP contribution < -0.4 is 0 Å². The van der Waals surface area contributed by atoms with Gasteiger partial charge in [-0.3, -0.25) is 9.58 Å². The highest BCUT2D eigenvalue weighted by Gasteiger charge is 2.36. The average molecular weight is 342 g/mol. The van der Waals surface area contributed by atoms with Gasteiger partial charge in [-0.05, 0) is 48.5 Å². The number of aryl methyl sites for hydroxylation is 2. The number of halogens is 1. The Balaban J connectivity index is 1.81. The van der Waals surface area contributed by atoms with Crippen molar-refractivity contribution >= 4 is 15.9 Å². The molecule has 20 heavy (non-hydrogen) atoms. The lowest BCUT2D eigenvalue weighted by Crippen LogP contribution is -2.48. The predicted octanol–water partition coefficient (Wildman–Crippen LogP) is 2.98. The molecule has 1 saturated heterocycles. The van der Waals surface area contributed by atoms with E-state index in [1.165, 1.54) is 35.1 Å². The van der Waals surface area contributed by atoms with Crippen LogP contribution in [0.1, 0.15) is 44.5 Å². The monoisotopic (exact) mass is 341 g/mol. The van der Waals surface area contributed by atoms with Gasteiger partial charge in [0.15, 0.2) is 0 Å². The topological polar surface area (TPSA) is 30.3 Å².